The summed E-state index contributed by atoms with van der Waals surface area (Å²) in [6.07, 6.45) is 0. The summed E-state index contributed by atoms with van der Waals surface area (Å²) in [6, 6.07) is 17.7. The normalized spacial score (nSPS) is 10.6. The molecule has 0 fully saturated rings. The Hall–Kier alpha value is -1.58. The zero-order valence-corrected chi connectivity index (χ0v) is 12.2. The molecule has 0 bridgehead atoms. The van der Waals surface area contributed by atoms with Crippen molar-refractivity contribution in [3.05, 3.63) is 64.1 Å². The lowest BCUT2D eigenvalue weighted by atomic mass is 10.2. The number of nitrogens with one attached hydrogen (secondary N) is 1. The number of aromatic nitrogens is 1. The first-order chi connectivity index (χ1) is 9.22. The molecule has 4 heteroatoms. The van der Waals surface area contributed by atoms with Crippen LogP contribution in [-0.4, -0.2) is 4.98 Å². The predicted octanol–water partition coefficient (Wildman–Crippen LogP) is 5.39. The van der Waals surface area contributed by atoms with Crippen molar-refractivity contribution < 1.29 is 0 Å². The average Bonchev–Trinajstić information content (AvgIpc) is 2.42. The van der Waals surface area contributed by atoms with E-state index in [2.05, 4.69) is 26.2 Å². The number of para-hydroxylation sites is 1. The van der Waals surface area contributed by atoms with E-state index in [1.807, 2.05) is 54.6 Å². The lowest BCUT2D eigenvalue weighted by Crippen LogP contribution is -1.94. The lowest BCUT2D eigenvalue weighted by Gasteiger charge is -2.08. The van der Waals surface area contributed by atoms with E-state index in [1.165, 1.54) is 0 Å². The number of pyridine rings is 1. The van der Waals surface area contributed by atoms with E-state index in [0.717, 1.165) is 26.9 Å². The third kappa shape index (κ3) is 2.72. The first-order valence-corrected chi connectivity index (χ1v) is 6.97. The van der Waals surface area contributed by atoms with Crippen molar-refractivity contribution in [2.45, 2.75) is 0 Å². The maximum atomic E-state index is 6.18. The highest BCUT2D eigenvalue weighted by molar-refractivity contribution is 9.10. The molecule has 0 spiro atoms. The van der Waals surface area contributed by atoms with Crippen LogP contribution in [0.2, 0.25) is 5.02 Å². The number of fused-ring (bicyclic) bond motifs is 1. The quantitative estimate of drug-likeness (QED) is 0.679. The number of nitrogens with zero attached hydrogens (tertiary/aromatic N) is 1. The van der Waals surface area contributed by atoms with Gasteiger partial charge in [-0.3, -0.25) is 0 Å². The Kier molecular flexibility index (Phi) is 3.40. The van der Waals surface area contributed by atoms with Gasteiger partial charge < -0.3 is 5.32 Å². The number of hydrogen-bond acceptors (Lipinski definition) is 2. The first-order valence-electron chi connectivity index (χ1n) is 5.80. The average molecular weight is 334 g/mol. The van der Waals surface area contributed by atoms with Crippen LogP contribution >= 0.6 is 27.5 Å². The lowest BCUT2D eigenvalue weighted by molar-refractivity contribution is 1.37. The molecule has 0 unspecified atom stereocenters. The van der Waals surface area contributed by atoms with E-state index >= 15 is 0 Å². The van der Waals surface area contributed by atoms with E-state index in [9.17, 15) is 0 Å². The monoisotopic (exact) mass is 332 g/mol. The first kappa shape index (κ1) is 12.5. The molecule has 0 aliphatic carbocycles. The number of hydrogen-bond donors (Lipinski definition) is 1. The van der Waals surface area contributed by atoms with Gasteiger partial charge >= 0.3 is 0 Å². The minimum absolute atomic E-state index is 0.657. The number of anilines is 2. The molecular weight excluding hydrogens is 324 g/mol. The summed E-state index contributed by atoms with van der Waals surface area (Å²) in [5, 5.41) is 5.00. The van der Waals surface area contributed by atoms with Crippen LogP contribution in [0.15, 0.2) is 59.1 Å². The summed E-state index contributed by atoms with van der Waals surface area (Å²) < 4.78 is 0.953. The van der Waals surface area contributed by atoms with Gasteiger partial charge in [-0.1, -0.05) is 45.7 Å². The number of rotatable bonds is 2. The minimum Gasteiger partial charge on any atom is -0.339 e. The molecule has 1 heterocycles. The van der Waals surface area contributed by atoms with E-state index in [-0.39, 0.29) is 0 Å². The molecule has 1 aromatic heterocycles. The van der Waals surface area contributed by atoms with Gasteiger partial charge in [-0.15, -0.1) is 0 Å². The summed E-state index contributed by atoms with van der Waals surface area (Å²) in [5.74, 6) is 0.780. The maximum absolute atomic E-state index is 6.18. The van der Waals surface area contributed by atoms with Gasteiger partial charge in [0.1, 0.15) is 5.82 Å². The predicted molar refractivity (Wildman–Crippen MR) is 84.2 cm³/mol. The molecule has 2 aromatic carbocycles. The minimum atomic E-state index is 0.657. The van der Waals surface area contributed by atoms with Crippen LogP contribution in [0, 0.1) is 0 Å². The Morgan fingerprint density at radius 1 is 1.00 bits per heavy atom. The van der Waals surface area contributed by atoms with Gasteiger partial charge in [0, 0.05) is 9.86 Å². The van der Waals surface area contributed by atoms with E-state index in [1.54, 1.807) is 0 Å². The van der Waals surface area contributed by atoms with Gasteiger partial charge in [-0.25, -0.2) is 4.98 Å². The largest absolute Gasteiger partial charge is 0.339 e. The molecular formula is C15H10BrClN2. The van der Waals surface area contributed by atoms with Gasteiger partial charge in [-0.05, 0) is 36.4 Å². The Morgan fingerprint density at radius 2 is 1.84 bits per heavy atom. The Balaban J connectivity index is 1.96. The van der Waals surface area contributed by atoms with Gasteiger partial charge in [0.15, 0.2) is 0 Å². The van der Waals surface area contributed by atoms with E-state index in [4.69, 9.17) is 11.6 Å². The standard InChI is InChI=1S/C15H10BrClN2/c16-11-6-7-14(12(17)9-11)19-15-8-5-10-3-1-2-4-13(10)18-15/h1-9H,(H,18,19). The second kappa shape index (κ2) is 5.19. The van der Waals surface area contributed by atoms with Crippen LogP contribution in [0.3, 0.4) is 0 Å². The highest BCUT2D eigenvalue weighted by Gasteiger charge is 2.03. The Bertz CT molecular complexity index is 743. The van der Waals surface area contributed by atoms with Crippen molar-refractivity contribution in [1.29, 1.82) is 0 Å². The summed E-state index contributed by atoms with van der Waals surface area (Å²) in [7, 11) is 0. The molecule has 3 rings (SSSR count). The molecule has 0 aliphatic heterocycles. The summed E-state index contributed by atoms with van der Waals surface area (Å²) in [5.41, 5.74) is 1.80. The third-order valence-electron chi connectivity index (χ3n) is 2.79. The molecule has 19 heavy (non-hydrogen) atoms. The zero-order valence-electron chi connectivity index (χ0n) is 9.90. The Labute approximate surface area is 124 Å². The second-order valence-electron chi connectivity index (χ2n) is 4.14. The highest BCUT2D eigenvalue weighted by atomic mass is 79.9. The van der Waals surface area contributed by atoms with E-state index < -0.39 is 0 Å². The fourth-order valence-corrected chi connectivity index (χ4v) is 2.59. The van der Waals surface area contributed by atoms with Crippen LogP contribution in [0.5, 0.6) is 0 Å². The Morgan fingerprint density at radius 3 is 2.68 bits per heavy atom. The van der Waals surface area contributed by atoms with Gasteiger partial charge in [0.25, 0.3) is 0 Å². The van der Waals surface area contributed by atoms with E-state index in [0.29, 0.717) is 5.02 Å². The maximum Gasteiger partial charge on any atom is 0.131 e. The number of benzene rings is 2. The molecule has 0 saturated carbocycles. The SMILES string of the molecule is Clc1cc(Br)ccc1Nc1ccc2ccccc2n1. The molecule has 0 saturated heterocycles. The van der Waals surface area contributed by atoms with Crippen LogP contribution < -0.4 is 5.32 Å². The van der Waals surface area contributed by atoms with Gasteiger partial charge in [-0.2, -0.15) is 0 Å². The molecule has 0 radical (unpaired) electrons. The van der Waals surface area contributed by atoms with Crippen molar-refractivity contribution in [2.75, 3.05) is 5.32 Å². The summed E-state index contributed by atoms with van der Waals surface area (Å²) in [6.45, 7) is 0. The summed E-state index contributed by atoms with van der Waals surface area (Å²) >= 11 is 9.56. The van der Waals surface area contributed by atoms with Crippen molar-refractivity contribution in [1.82, 2.24) is 4.98 Å². The second-order valence-corrected chi connectivity index (χ2v) is 5.46. The van der Waals surface area contributed by atoms with Gasteiger partial charge in [0.2, 0.25) is 0 Å². The van der Waals surface area contributed by atoms with Crippen molar-refractivity contribution in [3.63, 3.8) is 0 Å². The van der Waals surface area contributed by atoms with Crippen LogP contribution in [0.1, 0.15) is 0 Å². The third-order valence-corrected chi connectivity index (χ3v) is 3.60. The van der Waals surface area contributed by atoms with Crippen LogP contribution in [0.4, 0.5) is 11.5 Å². The van der Waals surface area contributed by atoms with Crippen molar-refractivity contribution >= 4 is 49.9 Å². The molecule has 0 aliphatic rings. The van der Waals surface area contributed by atoms with Crippen LogP contribution in [-0.2, 0) is 0 Å². The van der Waals surface area contributed by atoms with Crippen molar-refractivity contribution in [3.8, 4) is 0 Å². The van der Waals surface area contributed by atoms with Crippen LogP contribution in [0.25, 0.3) is 10.9 Å². The van der Waals surface area contributed by atoms with Gasteiger partial charge in [0.05, 0.1) is 16.2 Å². The fraction of sp³-hybridized carbons (Fsp3) is 0. The molecule has 2 nitrogen and oxygen atoms in total. The molecule has 1 N–H and O–H groups in total. The molecule has 94 valence electrons. The molecule has 3 aromatic rings. The zero-order chi connectivity index (χ0) is 13.2. The van der Waals surface area contributed by atoms with Crippen molar-refractivity contribution in [2.24, 2.45) is 0 Å². The fourth-order valence-electron chi connectivity index (χ4n) is 1.86. The molecule has 0 amide bonds. The number of halogens is 2. The smallest absolute Gasteiger partial charge is 0.131 e. The molecule has 0 atom stereocenters. The summed E-state index contributed by atoms with van der Waals surface area (Å²) in [4.78, 5) is 4.55. The highest BCUT2D eigenvalue weighted by Crippen LogP contribution is 2.28. The topological polar surface area (TPSA) is 24.9 Å².